The minimum Gasteiger partial charge on any atom is -0.478 e. The largest absolute Gasteiger partial charge is 0.478 e. The van der Waals surface area contributed by atoms with Crippen LogP contribution in [0.15, 0.2) is 42.6 Å². The van der Waals surface area contributed by atoms with Crippen LogP contribution in [0.1, 0.15) is 29.9 Å². The number of fused-ring (bicyclic) bond motifs is 1. The number of anilines is 3. The van der Waals surface area contributed by atoms with Crippen molar-refractivity contribution in [2.45, 2.75) is 26.8 Å². The maximum Gasteiger partial charge on any atom is 0.335 e. The van der Waals surface area contributed by atoms with Crippen LogP contribution in [0.3, 0.4) is 0 Å². The number of rotatable bonds is 6. The summed E-state index contributed by atoms with van der Waals surface area (Å²) in [5.41, 5.74) is 3.42. The molecule has 0 atom stereocenters. The minimum atomic E-state index is -0.966. The number of nitrogens with one attached hydrogen (secondary N) is 2. The highest BCUT2D eigenvalue weighted by atomic mass is 32.1. The van der Waals surface area contributed by atoms with Gasteiger partial charge in [-0.25, -0.2) is 9.78 Å². The van der Waals surface area contributed by atoms with Gasteiger partial charge >= 0.3 is 5.97 Å². The van der Waals surface area contributed by atoms with Crippen LogP contribution in [-0.2, 0) is 0 Å². The van der Waals surface area contributed by atoms with E-state index in [2.05, 4.69) is 25.0 Å². The zero-order chi connectivity index (χ0) is 20.5. The van der Waals surface area contributed by atoms with Gasteiger partial charge in [-0.1, -0.05) is 6.07 Å². The molecule has 3 aromatic heterocycles. The lowest BCUT2D eigenvalue weighted by Crippen LogP contribution is -2.13. The van der Waals surface area contributed by atoms with Crippen LogP contribution in [0.25, 0.3) is 16.7 Å². The fraction of sp³-hybridized carbons (Fsp3) is 0.200. The van der Waals surface area contributed by atoms with Crippen LogP contribution < -0.4 is 10.6 Å². The summed E-state index contributed by atoms with van der Waals surface area (Å²) in [5.74, 6) is 0.173. The molecule has 0 saturated heterocycles. The second kappa shape index (κ2) is 7.51. The smallest absolute Gasteiger partial charge is 0.335 e. The molecule has 0 aliphatic rings. The summed E-state index contributed by atoms with van der Waals surface area (Å²) in [5, 5.41) is 16.8. The zero-order valence-corrected chi connectivity index (χ0v) is 17.0. The number of aryl methyl sites for hydroxylation is 1. The standard InChI is InChI=1S/C20H20N6O2S/c1-11(2)21-18-17-15(22-20(24-18)23-16-9-12(3)25-29-16)7-8-26(17)14-6-4-5-13(10-14)19(27)28/h4-11H,1-3H3,(H,27,28)(H2,21,22,23,24). The number of aromatic nitrogens is 4. The van der Waals surface area contributed by atoms with Gasteiger partial charge in [0.05, 0.1) is 16.8 Å². The maximum atomic E-state index is 11.4. The van der Waals surface area contributed by atoms with E-state index >= 15 is 0 Å². The van der Waals surface area contributed by atoms with Gasteiger partial charge < -0.3 is 20.3 Å². The Morgan fingerprint density at radius 2 is 2.03 bits per heavy atom. The van der Waals surface area contributed by atoms with Gasteiger partial charge in [-0.05, 0) is 62.6 Å². The number of carboxylic acid groups (broad SMARTS) is 1. The van der Waals surface area contributed by atoms with E-state index < -0.39 is 5.97 Å². The van der Waals surface area contributed by atoms with Crippen molar-refractivity contribution >= 4 is 45.3 Å². The lowest BCUT2D eigenvalue weighted by atomic mass is 10.2. The van der Waals surface area contributed by atoms with E-state index in [1.54, 1.807) is 18.2 Å². The third kappa shape index (κ3) is 3.90. The lowest BCUT2D eigenvalue weighted by molar-refractivity contribution is 0.0697. The quantitative estimate of drug-likeness (QED) is 0.433. The van der Waals surface area contributed by atoms with Crippen molar-refractivity contribution in [1.82, 2.24) is 18.9 Å². The maximum absolute atomic E-state index is 11.4. The molecule has 0 aliphatic heterocycles. The first-order valence-electron chi connectivity index (χ1n) is 9.10. The molecule has 148 valence electrons. The average molecular weight is 408 g/mol. The molecule has 1 aromatic carbocycles. The highest BCUT2D eigenvalue weighted by Gasteiger charge is 2.16. The first-order valence-corrected chi connectivity index (χ1v) is 9.88. The molecule has 0 radical (unpaired) electrons. The van der Waals surface area contributed by atoms with E-state index in [-0.39, 0.29) is 11.6 Å². The summed E-state index contributed by atoms with van der Waals surface area (Å²) in [6.45, 7) is 6.00. The molecule has 0 aliphatic carbocycles. The van der Waals surface area contributed by atoms with Gasteiger partial charge in [0, 0.05) is 17.9 Å². The fourth-order valence-corrected chi connectivity index (χ4v) is 3.67. The molecule has 0 unspecified atom stereocenters. The summed E-state index contributed by atoms with van der Waals surface area (Å²) in [4.78, 5) is 20.7. The Labute approximate surface area is 171 Å². The van der Waals surface area contributed by atoms with Crippen molar-refractivity contribution in [3.8, 4) is 5.69 Å². The normalized spacial score (nSPS) is 11.2. The predicted octanol–water partition coefficient (Wildman–Crippen LogP) is 4.45. The van der Waals surface area contributed by atoms with E-state index in [0.29, 0.717) is 11.8 Å². The second-order valence-corrected chi connectivity index (χ2v) is 7.73. The van der Waals surface area contributed by atoms with Crippen molar-refractivity contribution < 1.29 is 9.90 Å². The molecule has 0 saturated carbocycles. The number of hydrogen-bond donors (Lipinski definition) is 3. The minimum absolute atomic E-state index is 0.153. The molecule has 8 nitrogen and oxygen atoms in total. The van der Waals surface area contributed by atoms with Crippen LogP contribution in [0.5, 0.6) is 0 Å². The van der Waals surface area contributed by atoms with Crippen LogP contribution >= 0.6 is 11.5 Å². The Balaban J connectivity index is 1.83. The first kappa shape index (κ1) is 18.9. The van der Waals surface area contributed by atoms with Gasteiger partial charge in [0.15, 0.2) is 5.82 Å². The Bertz CT molecular complexity index is 1200. The number of aromatic carboxylic acids is 1. The van der Waals surface area contributed by atoms with Crippen molar-refractivity contribution in [2.24, 2.45) is 0 Å². The Morgan fingerprint density at radius 3 is 2.72 bits per heavy atom. The van der Waals surface area contributed by atoms with Crippen LogP contribution in [-0.4, -0.2) is 36.0 Å². The van der Waals surface area contributed by atoms with Crippen LogP contribution in [0, 0.1) is 6.92 Å². The molecular formula is C20H20N6O2S. The second-order valence-electron chi connectivity index (χ2n) is 6.93. The van der Waals surface area contributed by atoms with Crippen molar-refractivity contribution in [3.05, 3.63) is 53.9 Å². The third-order valence-electron chi connectivity index (χ3n) is 4.19. The van der Waals surface area contributed by atoms with E-state index in [4.69, 9.17) is 0 Å². The Hall–Kier alpha value is -3.46. The monoisotopic (exact) mass is 408 g/mol. The van der Waals surface area contributed by atoms with Gasteiger partial charge in [-0.15, -0.1) is 0 Å². The molecule has 4 rings (SSSR count). The van der Waals surface area contributed by atoms with Gasteiger partial charge in [0.1, 0.15) is 10.5 Å². The molecule has 4 aromatic rings. The highest BCUT2D eigenvalue weighted by Crippen LogP contribution is 2.29. The number of hydrogen-bond acceptors (Lipinski definition) is 7. The molecule has 0 amide bonds. The lowest BCUT2D eigenvalue weighted by Gasteiger charge is -2.14. The summed E-state index contributed by atoms with van der Waals surface area (Å²) in [7, 11) is 0. The average Bonchev–Trinajstić information content (AvgIpc) is 3.27. The topological polar surface area (TPSA) is 105 Å². The van der Waals surface area contributed by atoms with Crippen molar-refractivity contribution in [1.29, 1.82) is 0 Å². The van der Waals surface area contributed by atoms with Gasteiger partial charge in [0.25, 0.3) is 0 Å². The molecule has 3 N–H and O–H groups in total. The van der Waals surface area contributed by atoms with E-state index in [1.807, 2.05) is 49.7 Å². The van der Waals surface area contributed by atoms with Crippen LogP contribution in [0.4, 0.5) is 16.8 Å². The molecule has 0 spiro atoms. The summed E-state index contributed by atoms with van der Waals surface area (Å²) < 4.78 is 6.16. The Morgan fingerprint density at radius 1 is 1.21 bits per heavy atom. The number of benzene rings is 1. The third-order valence-corrected chi connectivity index (χ3v) is 4.99. The molecule has 29 heavy (non-hydrogen) atoms. The number of carbonyl (C=O) groups is 1. The van der Waals surface area contributed by atoms with Crippen LogP contribution in [0.2, 0.25) is 0 Å². The SMILES string of the molecule is Cc1cc(Nc2nc(NC(C)C)c3c(ccn3-c3cccc(C(=O)O)c3)n2)sn1. The zero-order valence-electron chi connectivity index (χ0n) is 16.2. The number of carboxylic acids is 1. The Kier molecular flexibility index (Phi) is 4.89. The number of nitrogens with zero attached hydrogens (tertiary/aromatic N) is 4. The van der Waals surface area contributed by atoms with Gasteiger partial charge in [0.2, 0.25) is 5.95 Å². The molecular weight excluding hydrogens is 388 g/mol. The van der Waals surface area contributed by atoms with E-state index in [0.717, 1.165) is 27.4 Å². The van der Waals surface area contributed by atoms with Crippen molar-refractivity contribution in [3.63, 3.8) is 0 Å². The molecule has 3 heterocycles. The fourth-order valence-electron chi connectivity index (χ4n) is 3.01. The molecule has 0 fully saturated rings. The van der Waals surface area contributed by atoms with E-state index in [9.17, 15) is 9.90 Å². The van der Waals surface area contributed by atoms with Gasteiger partial charge in [-0.3, -0.25) is 0 Å². The predicted molar refractivity (Wildman–Crippen MR) is 115 cm³/mol. The molecule has 0 bridgehead atoms. The molecule has 9 heteroatoms. The van der Waals surface area contributed by atoms with Crippen molar-refractivity contribution in [2.75, 3.05) is 10.6 Å². The first-order chi connectivity index (χ1) is 13.9. The highest BCUT2D eigenvalue weighted by molar-refractivity contribution is 7.10. The summed E-state index contributed by atoms with van der Waals surface area (Å²) in [6, 6.07) is 10.8. The summed E-state index contributed by atoms with van der Waals surface area (Å²) >= 11 is 1.35. The van der Waals surface area contributed by atoms with Gasteiger partial charge in [-0.2, -0.15) is 9.36 Å². The van der Waals surface area contributed by atoms with E-state index in [1.165, 1.54) is 11.5 Å². The summed E-state index contributed by atoms with van der Waals surface area (Å²) in [6.07, 6.45) is 1.87.